The van der Waals surface area contributed by atoms with Crippen LogP contribution in [0.15, 0.2) is 42.5 Å². The minimum atomic E-state index is -0.357. The van der Waals surface area contributed by atoms with Gasteiger partial charge in [0.1, 0.15) is 5.75 Å². The van der Waals surface area contributed by atoms with Gasteiger partial charge in [0, 0.05) is 24.3 Å². The number of benzene rings is 2. The average molecular weight is 366 g/mol. The Morgan fingerprint density at radius 1 is 1.15 bits per heavy atom. The Kier molecular flexibility index (Phi) is 5.49. The van der Waals surface area contributed by atoms with Crippen molar-refractivity contribution in [3.63, 3.8) is 0 Å². The highest BCUT2D eigenvalue weighted by Crippen LogP contribution is 2.28. The molecule has 0 aromatic heterocycles. The number of amides is 2. The van der Waals surface area contributed by atoms with Gasteiger partial charge in [-0.1, -0.05) is 17.7 Å². The molecule has 0 unspecified atom stereocenters. The molecule has 3 rings (SSSR count). The maximum Gasteiger partial charge on any atom is 0.229 e. The summed E-state index contributed by atoms with van der Waals surface area (Å²) in [5.74, 6) is 0.264. The fourth-order valence-corrected chi connectivity index (χ4v) is 3.30. The van der Waals surface area contributed by atoms with Crippen molar-refractivity contribution in [2.75, 3.05) is 16.8 Å². The highest BCUT2D eigenvalue weighted by molar-refractivity contribution is 6.03. The van der Waals surface area contributed by atoms with Crippen LogP contribution in [-0.2, 0) is 9.59 Å². The van der Waals surface area contributed by atoms with E-state index in [0.717, 1.165) is 28.3 Å². The van der Waals surface area contributed by atoms with Crippen LogP contribution in [0.5, 0.6) is 5.75 Å². The molecule has 1 N–H and O–H groups in total. The zero-order valence-electron chi connectivity index (χ0n) is 16.3. The molecule has 1 aliphatic heterocycles. The van der Waals surface area contributed by atoms with Gasteiger partial charge in [0.05, 0.1) is 12.0 Å². The Morgan fingerprint density at radius 3 is 2.48 bits per heavy atom. The predicted octanol–water partition coefficient (Wildman–Crippen LogP) is 4.08. The molecular weight excluding hydrogens is 340 g/mol. The molecule has 5 nitrogen and oxygen atoms in total. The van der Waals surface area contributed by atoms with Crippen LogP contribution in [-0.4, -0.2) is 24.5 Å². The molecule has 2 aromatic carbocycles. The number of ether oxygens (including phenoxy) is 1. The first-order chi connectivity index (χ1) is 12.8. The highest BCUT2D eigenvalue weighted by atomic mass is 16.5. The summed E-state index contributed by atoms with van der Waals surface area (Å²) in [7, 11) is 0. The predicted molar refractivity (Wildman–Crippen MR) is 107 cm³/mol. The topological polar surface area (TPSA) is 58.6 Å². The Labute approximate surface area is 160 Å². The Morgan fingerprint density at radius 2 is 1.85 bits per heavy atom. The van der Waals surface area contributed by atoms with Gasteiger partial charge in [-0.3, -0.25) is 9.59 Å². The molecule has 0 radical (unpaired) electrons. The normalized spacial score (nSPS) is 16.7. The Balaban J connectivity index is 1.66. The number of aryl methyl sites for hydroxylation is 2. The van der Waals surface area contributed by atoms with E-state index in [9.17, 15) is 9.59 Å². The highest BCUT2D eigenvalue weighted by Gasteiger charge is 2.35. The van der Waals surface area contributed by atoms with E-state index in [1.165, 1.54) is 0 Å². The van der Waals surface area contributed by atoms with Crippen molar-refractivity contribution in [3.05, 3.63) is 53.6 Å². The first-order valence-corrected chi connectivity index (χ1v) is 9.28. The van der Waals surface area contributed by atoms with Crippen LogP contribution in [0.4, 0.5) is 11.4 Å². The quantitative estimate of drug-likeness (QED) is 0.867. The summed E-state index contributed by atoms with van der Waals surface area (Å²) >= 11 is 0. The molecular formula is C22H26N2O3. The number of anilines is 2. The molecule has 142 valence electrons. The number of carbonyl (C=O) groups excluding carboxylic acids is 2. The molecule has 2 aromatic rings. The minimum absolute atomic E-state index is 0.0340. The van der Waals surface area contributed by atoms with E-state index in [1.54, 1.807) is 4.90 Å². The van der Waals surface area contributed by atoms with Crippen LogP contribution >= 0.6 is 0 Å². The van der Waals surface area contributed by atoms with Gasteiger partial charge in [-0.25, -0.2) is 0 Å². The second-order valence-electron chi connectivity index (χ2n) is 7.37. The van der Waals surface area contributed by atoms with E-state index in [1.807, 2.05) is 70.2 Å². The third-order valence-corrected chi connectivity index (χ3v) is 4.66. The van der Waals surface area contributed by atoms with Crippen LogP contribution in [0.25, 0.3) is 0 Å². The summed E-state index contributed by atoms with van der Waals surface area (Å²) in [4.78, 5) is 26.7. The third-order valence-electron chi connectivity index (χ3n) is 4.66. The van der Waals surface area contributed by atoms with E-state index < -0.39 is 0 Å². The largest absolute Gasteiger partial charge is 0.491 e. The van der Waals surface area contributed by atoms with Gasteiger partial charge in [0.15, 0.2) is 0 Å². The Bertz CT molecular complexity index is 843. The summed E-state index contributed by atoms with van der Waals surface area (Å²) in [6.45, 7) is 8.31. The second kappa shape index (κ2) is 7.82. The first-order valence-electron chi connectivity index (χ1n) is 9.28. The summed E-state index contributed by atoms with van der Waals surface area (Å²) < 4.78 is 5.64. The second-order valence-corrected chi connectivity index (χ2v) is 7.37. The molecule has 1 atom stereocenters. The molecule has 0 bridgehead atoms. The number of hydrogen-bond acceptors (Lipinski definition) is 3. The van der Waals surface area contributed by atoms with Gasteiger partial charge in [-0.05, 0) is 63.6 Å². The lowest BCUT2D eigenvalue weighted by molar-refractivity contribution is -0.122. The average Bonchev–Trinajstić information content (AvgIpc) is 2.99. The zero-order valence-corrected chi connectivity index (χ0v) is 16.3. The third kappa shape index (κ3) is 4.48. The van der Waals surface area contributed by atoms with Crippen LogP contribution < -0.4 is 15.0 Å². The summed E-state index contributed by atoms with van der Waals surface area (Å²) in [5, 5.41) is 2.96. The number of rotatable bonds is 5. The van der Waals surface area contributed by atoms with Crippen molar-refractivity contribution in [1.29, 1.82) is 0 Å². The monoisotopic (exact) mass is 366 g/mol. The molecule has 1 heterocycles. The van der Waals surface area contributed by atoms with Crippen LogP contribution in [0.1, 0.15) is 31.4 Å². The van der Waals surface area contributed by atoms with E-state index in [4.69, 9.17) is 4.74 Å². The molecule has 0 spiro atoms. The lowest BCUT2D eigenvalue weighted by atomic mass is 10.1. The van der Waals surface area contributed by atoms with Crippen molar-refractivity contribution in [2.45, 2.75) is 40.2 Å². The van der Waals surface area contributed by atoms with Gasteiger partial charge in [0.2, 0.25) is 11.8 Å². The van der Waals surface area contributed by atoms with Gasteiger partial charge >= 0.3 is 0 Å². The molecule has 0 saturated carbocycles. The van der Waals surface area contributed by atoms with E-state index in [0.29, 0.717) is 6.54 Å². The van der Waals surface area contributed by atoms with Crippen molar-refractivity contribution >= 4 is 23.2 Å². The zero-order chi connectivity index (χ0) is 19.6. The Hall–Kier alpha value is -2.82. The lowest BCUT2D eigenvalue weighted by Crippen LogP contribution is -2.28. The standard InChI is InChI=1S/C22H26N2O3/c1-14(2)27-19-8-6-18(7-9-19)24-13-17(12-21(24)25)22(26)23-20-10-5-15(3)11-16(20)4/h5-11,14,17H,12-13H2,1-4H3,(H,23,26)/t17-/m1/s1. The van der Waals surface area contributed by atoms with Gasteiger partial charge < -0.3 is 15.0 Å². The van der Waals surface area contributed by atoms with Crippen molar-refractivity contribution in [1.82, 2.24) is 0 Å². The number of nitrogens with one attached hydrogen (secondary N) is 1. The SMILES string of the molecule is Cc1ccc(NC(=O)[C@@H]2CC(=O)N(c3ccc(OC(C)C)cc3)C2)c(C)c1. The fraction of sp³-hybridized carbons (Fsp3) is 0.364. The first kappa shape index (κ1) is 19.0. The van der Waals surface area contributed by atoms with E-state index in [-0.39, 0.29) is 30.3 Å². The van der Waals surface area contributed by atoms with Gasteiger partial charge in [-0.2, -0.15) is 0 Å². The van der Waals surface area contributed by atoms with Gasteiger partial charge in [0.25, 0.3) is 0 Å². The van der Waals surface area contributed by atoms with Crippen LogP contribution in [0.2, 0.25) is 0 Å². The molecule has 5 heteroatoms. The molecule has 1 saturated heterocycles. The molecule has 1 fully saturated rings. The van der Waals surface area contributed by atoms with E-state index >= 15 is 0 Å². The number of hydrogen-bond donors (Lipinski definition) is 1. The van der Waals surface area contributed by atoms with Crippen LogP contribution in [0, 0.1) is 19.8 Å². The van der Waals surface area contributed by atoms with Crippen LogP contribution in [0.3, 0.4) is 0 Å². The molecule has 27 heavy (non-hydrogen) atoms. The lowest BCUT2D eigenvalue weighted by Gasteiger charge is -2.18. The molecule has 0 aliphatic carbocycles. The summed E-state index contributed by atoms with van der Waals surface area (Å²) in [6.07, 6.45) is 0.323. The summed E-state index contributed by atoms with van der Waals surface area (Å²) in [5.41, 5.74) is 3.76. The minimum Gasteiger partial charge on any atom is -0.491 e. The fourth-order valence-electron chi connectivity index (χ4n) is 3.30. The molecule has 2 amide bonds. The van der Waals surface area contributed by atoms with Crippen molar-refractivity contribution in [2.24, 2.45) is 5.92 Å². The maximum absolute atomic E-state index is 12.6. The van der Waals surface area contributed by atoms with Gasteiger partial charge in [-0.15, -0.1) is 0 Å². The van der Waals surface area contributed by atoms with Crippen molar-refractivity contribution < 1.29 is 14.3 Å². The number of carbonyl (C=O) groups is 2. The maximum atomic E-state index is 12.6. The summed E-state index contributed by atoms with van der Waals surface area (Å²) in [6, 6.07) is 13.3. The smallest absolute Gasteiger partial charge is 0.229 e. The number of nitrogens with zero attached hydrogens (tertiary/aromatic N) is 1. The van der Waals surface area contributed by atoms with Crippen molar-refractivity contribution in [3.8, 4) is 5.75 Å². The van der Waals surface area contributed by atoms with E-state index in [2.05, 4.69) is 5.32 Å². The molecule has 1 aliphatic rings.